The van der Waals surface area contributed by atoms with Crippen molar-refractivity contribution in [2.75, 3.05) is 13.7 Å². The van der Waals surface area contributed by atoms with E-state index in [1.54, 1.807) is 7.11 Å². The number of halogens is 1. The second-order valence-electron chi connectivity index (χ2n) is 1.58. The highest BCUT2D eigenvalue weighted by molar-refractivity contribution is 9.09. The highest BCUT2D eigenvalue weighted by Crippen LogP contribution is 2.12. The molecule has 1 rings (SSSR count). The van der Waals surface area contributed by atoms with Crippen LogP contribution in [0.15, 0.2) is 0 Å². The van der Waals surface area contributed by atoms with E-state index in [-0.39, 0.29) is 0 Å². The maximum atomic E-state index is 4.99. The molecule has 0 saturated carbocycles. The van der Waals surface area contributed by atoms with Gasteiger partial charge in [-0.15, -0.1) is 0 Å². The fourth-order valence-corrected chi connectivity index (χ4v) is 1.10. The summed E-state index contributed by atoms with van der Waals surface area (Å²) in [6.07, 6.45) is 0.389. The van der Waals surface area contributed by atoms with Gasteiger partial charge in [0, 0.05) is 13.7 Å². The molecule has 0 amide bonds. The van der Waals surface area contributed by atoms with Crippen molar-refractivity contribution >= 4 is 15.9 Å². The minimum Gasteiger partial charge on any atom is -0.378 e. The Hall–Kier alpha value is 0.400. The van der Waals surface area contributed by atoms with Crippen molar-refractivity contribution in [3.63, 3.8) is 0 Å². The third-order valence-electron chi connectivity index (χ3n) is 1.14. The number of nitrogens with one attached hydrogen (secondary N) is 1. The van der Waals surface area contributed by atoms with Crippen LogP contribution < -0.4 is 5.32 Å². The monoisotopic (exact) mass is 165 g/mol. The Morgan fingerprint density at radius 2 is 2.57 bits per heavy atom. The van der Waals surface area contributed by atoms with Gasteiger partial charge in [-0.25, -0.2) is 0 Å². The van der Waals surface area contributed by atoms with Gasteiger partial charge in [0.05, 0.1) is 11.1 Å². The van der Waals surface area contributed by atoms with Crippen LogP contribution in [0.25, 0.3) is 0 Å². The lowest BCUT2D eigenvalue weighted by Gasteiger charge is -2.31. The van der Waals surface area contributed by atoms with E-state index >= 15 is 0 Å². The summed E-state index contributed by atoms with van der Waals surface area (Å²) in [5.41, 5.74) is 0. The Bertz CT molecular complexity index is 66.7. The Kier molecular flexibility index (Phi) is 1.67. The SMILES string of the molecule is COC1CN[C@H]1Br. The molecule has 3 heteroatoms. The van der Waals surface area contributed by atoms with Gasteiger partial charge < -0.3 is 4.74 Å². The summed E-state index contributed by atoms with van der Waals surface area (Å²) in [5.74, 6) is 0. The first kappa shape index (κ1) is 5.54. The van der Waals surface area contributed by atoms with E-state index < -0.39 is 0 Å². The van der Waals surface area contributed by atoms with Gasteiger partial charge in [0.25, 0.3) is 0 Å². The molecule has 1 heterocycles. The molecule has 1 N–H and O–H groups in total. The third kappa shape index (κ3) is 0.953. The van der Waals surface area contributed by atoms with Gasteiger partial charge in [-0.1, -0.05) is 15.9 Å². The maximum Gasteiger partial charge on any atom is 0.0948 e. The van der Waals surface area contributed by atoms with Crippen molar-refractivity contribution in [1.29, 1.82) is 0 Å². The van der Waals surface area contributed by atoms with Crippen LogP contribution in [0.5, 0.6) is 0 Å². The van der Waals surface area contributed by atoms with Gasteiger partial charge in [0.15, 0.2) is 0 Å². The van der Waals surface area contributed by atoms with Gasteiger partial charge in [0.2, 0.25) is 0 Å². The topological polar surface area (TPSA) is 21.3 Å². The Morgan fingerprint density at radius 3 is 2.57 bits per heavy atom. The first-order valence-corrected chi connectivity index (χ1v) is 3.16. The van der Waals surface area contributed by atoms with Crippen molar-refractivity contribution in [2.45, 2.75) is 11.1 Å². The lowest BCUT2D eigenvalue weighted by atomic mass is 10.2. The molecule has 0 bridgehead atoms. The Labute approximate surface area is 51.4 Å². The Morgan fingerprint density at radius 1 is 1.86 bits per heavy atom. The van der Waals surface area contributed by atoms with Crippen LogP contribution >= 0.6 is 15.9 Å². The summed E-state index contributed by atoms with van der Waals surface area (Å²) in [7, 11) is 1.72. The first-order valence-electron chi connectivity index (χ1n) is 2.25. The fraction of sp³-hybridized carbons (Fsp3) is 1.00. The summed E-state index contributed by atoms with van der Waals surface area (Å²) in [6, 6.07) is 0. The van der Waals surface area contributed by atoms with E-state index in [1.807, 2.05) is 0 Å². The van der Waals surface area contributed by atoms with Crippen LogP contribution in [0.1, 0.15) is 0 Å². The van der Waals surface area contributed by atoms with Crippen LogP contribution in [-0.4, -0.2) is 24.7 Å². The molecule has 1 fully saturated rings. The van der Waals surface area contributed by atoms with Crippen molar-refractivity contribution in [2.24, 2.45) is 0 Å². The lowest BCUT2D eigenvalue weighted by Crippen LogP contribution is -2.54. The standard InChI is InChI=1S/C4H8BrNO/c1-7-3-2-6-4(3)5/h3-4,6H,2H2,1H3/t3?,4-/m1/s1. The van der Waals surface area contributed by atoms with E-state index in [2.05, 4.69) is 21.2 Å². The normalized spacial score (nSPS) is 40.3. The first-order chi connectivity index (χ1) is 3.34. The molecule has 1 aliphatic rings. The smallest absolute Gasteiger partial charge is 0.0948 e. The maximum absolute atomic E-state index is 4.99. The summed E-state index contributed by atoms with van der Waals surface area (Å²) >= 11 is 3.35. The van der Waals surface area contributed by atoms with Gasteiger partial charge in [-0.3, -0.25) is 5.32 Å². The predicted octanol–water partition coefficient (Wildman–Crippen LogP) is 0.326. The highest BCUT2D eigenvalue weighted by Gasteiger charge is 2.26. The Balaban J connectivity index is 2.16. The second kappa shape index (κ2) is 2.11. The van der Waals surface area contributed by atoms with Crippen LogP contribution in [-0.2, 0) is 4.74 Å². The van der Waals surface area contributed by atoms with Crippen LogP contribution in [0, 0.1) is 0 Å². The third-order valence-corrected chi connectivity index (χ3v) is 2.06. The zero-order chi connectivity index (χ0) is 5.28. The number of methoxy groups -OCH3 is 1. The fourth-order valence-electron chi connectivity index (χ4n) is 0.506. The number of rotatable bonds is 1. The van der Waals surface area contributed by atoms with Crippen molar-refractivity contribution in [3.8, 4) is 0 Å². The molecule has 0 aromatic carbocycles. The van der Waals surface area contributed by atoms with Gasteiger partial charge >= 0.3 is 0 Å². The number of hydrogen-bond donors (Lipinski definition) is 1. The van der Waals surface area contributed by atoms with E-state index in [4.69, 9.17) is 4.74 Å². The summed E-state index contributed by atoms with van der Waals surface area (Å²) < 4.78 is 4.99. The molecule has 1 unspecified atom stereocenters. The summed E-state index contributed by atoms with van der Waals surface area (Å²) in [5, 5.41) is 3.10. The van der Waals surface area contributed by atoms with E-state index in [0.717, 1.165) is 6.54 Å². The van der Waals surface area contributed by atoms with Crippen molar-refractivity contribution in [1.82, 2.24) is 5.32 Å². The second-order valence-corrected chi connectivity index (χ2v) is 2.57. The van der Waals surface area contributed by atoms with E-state index in [0.29, 0.717) is 11.1 Å². The van der Waals surface area contributed by atoms with Crippen molar-refractivity contribution < 1.29 is 4.74 Å². The molecule has 2 atom stereocenters. The van der Waals surface area contributed by atoms with Gasteiger partial charge in [-0.05, 0) is 0 Å². The molecule has 0 aliphatic carbocycles. The number of alkyl halides is 1. The molecule has 1 aliphatic heterocycles. The molecule has 0 spiro atoms. The molecule has 2 nitrogen and oxygen atoms in total. The van der Waals surface area contributed by atoms with Gasteiger partial charge in [-0.2, -0.15) is 0 Å². The highest BCUT2D eigenvalue weighted by atomic mass is 79.9. The summed E-state index contributed by atoms with van der Waals surface area (Å²) in [6.45, 7) is 0.979. The average Bonchev–Trinajstić information content (AvgIpc) is 1.65. The molecule has 1 saturated heterocycles. The van der Waals surface area contributed by atoms with Crippen LogP contribution in [0.3, 0.4) is 0 Å². The molecular weight excluding hydrogens is 158 g/mol. The zero-order valence-corrected chi connectivity index (χ0v) is 5.73. The number of hydrogen-bond acceptors (Lipinski definition) is 2. The molecule has 7 heavy (non-hydrogen) atoms. The van der Waals surface area contributed by atoms with E-state index in [9.17, 15) is 0 Å². The predicted molar refractivity (Wildman–Crippen MR) is 31.5 cm³/mol. The summed E-state index contributed by atoms with van der Waals surface area (Å²) in [4.78, 5) is 0.387. The molecule has 0 radical (unpaired) electrons. The average molecular weight is 166 g/mol. The van der Waals surface area contributed by atoms with Crippen molar-refractivity contribution in [3.05, 3.63) is 0 Å². The quantitative estimate of drug-likeness (QED) is 0.447. The minimum absolute atomic E-state index is 0.387. The molecular formula is C4H8BrNO. The van der Waals surface area contributed by atoms with Crippen LogP contribution in [0.2, 0.25) is 0 Å². The van der Waals surface area contributed by atoms with Crippen LogP contribution in [0.4, 0.5) is 0 Å². The number of ether oxygens (including phenoxy) is 1. The van der Waals surface area contributed by atoms with Gasteiger partial charge in [0.1, 0.15) is 0 Å². The molecule has 42 valence electrons. The minimum atomic E-state index is 0.387. The molecule has 0 aromatic rings. The molecule has 0 aromatic heterocycles. The van der Waals surface area contributed by atoms with E-state index in [1.165, 1.54) is 0 Å². The zero-order valence-electron chi connectivity index (χ0n) is 4.15. The largest absolute Gasteiger partial charge is 0.378 e. The lowest BCUT2D eigenvalue weighted by molar-refractivity contribution is 0.0499.